The molecule has 1 aliphatic heterocycles. The van der Waals surface area contributed by atoms with E-state index in [1.54, 1.807) is 27.6 Å². The van der Waals surface area contributed by atoms with Crippen molar-refractivity contribution in [2.45, 2.75) is 6.18 Å². The summed E-state index contributed by atoms with van der Waals surface area (Å²) in [6.07, 6.45) is -2.72. The van der Waals surface area contributed by atoms with E-state index in [0.29, 0.717) is 54.1 Å². The average Bonchev–Trinajstić information content (AvgIpc) is 3.28. The van der Waals surface area contributed by atoms with E-state index in [-0.39, 0.29) is 10.8 Å². The minimum absolute atomic E-state index is 0.0930. The van der Waals surface area contributed by atoms with Gasteiger partial charge in [-0.2, -0.15) is 13.2 Å². The first-order chi connectivity index (χ1) is 12.8. The number of hydrogen-bond donors (Lipinski definition) is 0. The van der Waals surface area contributed by atoms with Crippen LogP contribution in [0.5, 0.6) is 0 Å². The number of halogens is 4. The van der Waals surface area contributed by atoms with Gasteiger partial charge in [-0.25, -0.2) is 0 Å². The Morgan fingerprint density at radius 2 is 1.81 bits per heavy atom. The van der Waals surface area contributed by atoms with Crippen LogP contribution >= 0.6 is 22.9 Å². The van der Waals surface area contributed by atoms with Crippen molar-refractivity contribution in [3.63, 3.8) is 0 Å². The lowest BCUT2D eigenvalue weighted by atomic mass is 10.3. The number of thiophene rings is 1. The number of carbonyl (C=O) groups is 1. The van der Waals surface area contributed by atoms with E-state index in [4.69, 9.17) is 11.6 Å². The van der Waals surface area contributed by atoms with Gasteiger partial charge in [0.15, 0.2) is 5.65 Å². The number of alkyl halides is 3. The van der Waals surface area contributed by atoms with Crippen LogP contribution in [-0.4, -0.2) is 51.6 Å². The van der Waals surface area contributed by atoms with Gasteiger partial charge in [-0.05, 0) is 24.3 Å². The van der Waals surface area contributed by atoms with E-state index in [1.165, 1.54) is 6.07 Å². The molecule has 0 aromatic carbocycles. The Bertz CT molecular complexity index is 994. The summed E-state index contributed by atoms with van der Waals surface area (Å²) in [6.45, 7) is 1.76. The van der Waals surface area contributed by atoms with E-state index < -0.39 is 11.1 Å². The van der Waals surface area contributed by atoms with Crippen molar-refractivity contribution < 1.29 is 18.0 Å². The second-order valence-corrected chi connectivity index (χ2v) is 7.54. The number of piperazine rings is 1. The van der Waals surface area contributed by atoms with Crippen LogP contribution in [0.4, 0.5) is 19.1 Å². The first-order valence-electron chi connectivity index (χ1n) is 8.04. The third kappa shape index (κ3) is 3.46. The van der Waals surface area contributed by atoms with Crippen LogP contribution in [-0.2, 0) is 6.18 Å². The molecule has 11 heteroatoms. The minimum atomic E-state index is -4.43. The smallest absolute Gasteiger partial charge is 0.337 e. The molecule has 0 atom stereocenters. The van der Waals surface area contributed by atoms with Gasteiger partial charge in [-0.3, -0.25) is 9.20 Å². The molecule has 0 aliphatic carbocycles. The highest BCUT2D eigenvalue weighted by Gasteiger charge is 2.34. The molecule has 0 unspecified atom stereocenters. The van der Waals surface area contributed by atoms with Gasteiger partial charge in [0.2, 0.25) is 5.95 Å². The molecule has 3 aromatic heterocycles. The lowest BCUT2D eigenvalue weighted by molar-refractivity contribution is -0.134. The number of anilines is 1. The highest BCUT2D eigenvalue weighted by atomic mass is 35.5. The molecule has 27 heavy (non-hydrogen) atoms. The predicted molar refractivity (Wildman–Crippen MR) is 95.4 cm³/mol. The molecule has 1 amide bonds. The fourth-order valence-corrected chi connectivity index (χ4v) is 3.94. The summed E-state index contributed by atoms with van der Waals surface area (Å²) in [6, 6.07) is 5.66. The molecule has 0 radical (unpaired) electrons. The minimum Gasteiger partial charge on any atom is -0.337 e. The third-order valence-corrected chi connectivity index (χ3v) is 5.64. The van der Waals surface area contributed by atoms with Crippen LogP contribution in [0.1, 0.15) is 14.5 Å². The first kappa shape index (κ1) is 18.1. The van der Waals surface area contributed by atoms with Crippen molar-refractivity contribution in [2.75, 3.05) is 31.1 Å². The number of hydrogen-bond acceptors (Lipinski definition) is 5. The zero-order valence-corrected chi connectivity index (χ0v) is 15.4. The molecule has 0 spiro atoms. The van der Waals surface area contributed by atoms with Gasteiger partial charge in [0.25, 0.3) is 5.91 Å². The van der Waals surface area contributed by atoms with Crippen LogP contribution in [0.3, 0.4) is 0 Å². The monoisotopic (exact) mass is 415 g/mol. The third-order valence-electron chi connectivity index (χ3n) is 4.29. The number of pyridine rings is 1. The maximum Gasteiger partial charge on any atom is 0.425 e. The van der Waals surface area contributed by atoms with Gasteiger partial charge in [-0.15, -0.1) is 21.5 Å². The van der Waals surface area contributed by atoms with Crippen LogP contribution in [0.15, 0.2) is 30.5 Å². The molecule has 0 bridgehead atoms. The van der Waals surface area contributed by atoms with E-state index in [1.807, 2.05) is 4.90 Å². The number of aromatic nitrogens is 3. The van der Waals surface area contributed by atoms with Crippen LogP contribution in [0.25, 0.3) is 5.65 Å². The van der Waals surface area contributed by atoms with Gasteiger partial charge in [0, 0.05) is 32.4 Å². The molecule has 4 heterocycles. The van der Waals surface area contributed by atoms with Crippen molar-refractivity contribution >= 4 is 40.4 Å². The number of carbonyl (C=O) groups excluding carboxylic acids is 1. The summed E-state index contributed by atoms with van der Waals surface area (Å²) >= 11 is 6.50. The molecule has 4 rings (SSSR count). The standard InChI is InChI=1S/C16H13ClF3N5OS/c17-10-1-4-13-21-22-15(25(13)9-10)24-7-5-23(6-8-24)14(26)11-2-3-12(27-11)16(18,19)20/h1-4,9H,5-8H2. The van der Waals surface area contributed by atoms with Gasteiger partial charge in [0.05, 0.1) is 9.90 Å². The molecule has 6 nitrogen and oxygen atoms in total. The highest BCUT2D eigenvalue weighted by Crippen LogP contribution is 2.35. The number of rotatable bonds is 2. The quantitative estimate of drug-likeness (QED) is 0.643. The lowest BCUT2D eigenvalue weighted by Gasteiger charge is -2.34. The van der Waals surface area contributed by atoms with Crippen LogP contribution < -0.4 is 4.90 Å². The molecule has 1 saturated heterocycles. The zero-order chi connectivity index (χ0) is 19.2. The molecule has 0 N–H and O–H groups in total. The molecular formula is C16H13ClF3N5OS. The SMILES string of the molecule is O=C(c1ccc(C(F)(F)F)s1)N1CCN(c2nnc3ccc(Cl)cn23)CC1. The first-order valence-corrected chi connectivity index (χ1v) is 9.24. The maximum atomic E-state index is 12.7. The van der Waals surface area contributed by atoms with Crippen LogP contribution in [0.2, 0.25) is 5.02 Å². The molecule has 1 fully saturated rings. The summed E-state index contributed by atoms with van der Waals surface area (Å²) in [4.78, 5) is 15.3. The normalized spacial score (nSPS) is 15.6. The van der Waals surface area contributed by atoms with E-state index in [0.717, 1.165) is 6.07 Å². The summed E-state index contributed by atoms with van der Waals surface area (Å²) < 4.78 is 39.9. The van der Waals surface area contributed by atoms with Crippen molar-refractivity contribution in [1.29, 1.82) is 0 Å². The number of amides is 1. The maximum absolute atomic E-state index is 12.7. The number of fused-ring (bicyclic) bond motifs is 1. The van der Waals surface area contributed by atoms with Gasteiger partial charge < -0.3 is 9.80 Å². The zero-order valence-electron chi connectivity index (χ0n) is 13.8. The lowest BCUT2D eigenvalue weighted by Crippen LogP contribution is -2.49. The summed E-state index contributed by atoms with van der Waals surface area (Å²) in [5.41, 5.74) is 0.658. The molecule has 142 valence electrons. The Morgan fingerprint density at radius 3 is 2.48 bits per heavy atom. The van der Waals surface area contributed by atoms with E-state index in [2.05, 4.69) is 10.2 Å². The summed E-state index contributed by atoms with van der Waals surface area (Å²) in [5.74, 6) is 0.236. The average molecular weight is 416 g/mol. The Balaban J connectivity index is 1.46. The van der Waals surface area contributed by atoms with Gasteiger partial charge in [0.1, 0.15) is 4.88 Å². The van der Waals surface area contributed by atoms with Gasteiger partial charge >= 0.3 is 6.18 Å². The second-order valence-electron chi connectivity index (χ2n) is 6.02. The molecular weight excluding hydrogens is 403 g/mol. The fraction of sp³-hybridized carbons (Fsp3) is 0.312. The van der Waals surface area contributed by atoms with Crippen molar-refractivity contribution in [1.82, 2.24) is 19.5 Å². The molecule has 1 aliphatic rings. The van der Waals surface area contributed by atoms with Crippen molar-refractivity contribution in [3.8, 4) is 0 Å². The summed E-state index contributed by atoms with van der Waals surface area (Å²) in [7, 11) is 0. The largest absolute Gasteiger partial charge is 0.425 e. The Labute approximate surface area is 160 Å². The highest BCUT2D eigenvalue weighted by molar-refractivity contribution is 7.14. The number of nitrogens with zero attached hydrogens (tertiary/aromatic N) is 5. The molecule has 3 aromatic rings. The van der Waals surface area contributed by atoms with Gasteiger partial charge in [-0.1, -0.05) is 11.6 Å². The fourth-order valence-electron chi connectivity index (χ4n) is 2.94. The van der Waals surface area contributed by atoms with E-state index in [9.17, 15) is 18.0 Å². The van der Waals surface area contributed by atoms with E-state index >= 15 is 0 Å². The topological polar surface area (TPSA) is 53.7 Å². The van der Waals surface area contributed by atoms with Crippen LogP contribution in [0, 0.1) is 0 Å². The Kier molecular flexibility index (Phi) is 4.47. The molecule has 0 saturated carbocycles. The van der Waals surface area contributed by atoms with Crippen molar-refractivity contribution in [2.24, 2.45) is 0 Å². The second kappa shape index (κ2) is 6.68. The predicted octanol–water partition coefficient (Wildman–Crippen LogP) is 3.43. The Morgan fingerprint density at radius 1 is 1.07 bits per heavy atom. The van der Waals surface area contributed by atoms with Crippen molar-refractivity contribution in [3.05, 3.63) is 45.2 Å². The summed E-state index contributed by atoms with van der Waals surface area (Å²) in [5, 5.41) is 8.81. The Hall–Kier alpha value is -2.33.